The van der Waals surface area contributed by atoms with Crippen molar-refractivity contribution in [2.24, 2.45) is 0 Å². The van der Waals surface area contributed by atoms with Crippen LogP contribution in [0.15, 0.2) is 24.3 Å². The van der Waals surface area contributed by atoms with Crippen LogP contribution >= 0.6 is 0 Å². The van der Waals surface area contributed by atoms with Crippen molar-refractivity contribution >= 4 is 5.97 Å². The van der Waals surface area contributed by atoms with Crippen LogP contribution in [-0.4, -0.2) is 16.2 Å². The molecule has 0 saturated carbocycles. The molecule has 1 atom stereocenters. The standard InChI is InChI=1S/C13H18O3/c1-10(14)12-8-4-2-6-11(12)7-3-5-9-13(15)16/h2,4,6,8,10,14H,3,5,7,9H2,1H3,(H,15,16). The summed E-state index contributed by atoms with van der Waals surface area (Å²) in [6.45, 7) is 1.75. The van der Waals surface area contributed by atoms with Crippen molar-refractivity contribution in [2.75, 3.05) is 0 Å². The quantitative estimate of drug-likeness (QED) is 0.727. The number of benzene rings is 1. The molecule has 0 amide bonds. The van der Waals surface area contributed by atoms with Crippen LogP contribution in [0.4, 0.5) is 0 Å². The van der Waals surface area contributed by atoms with Crippen LogP contribution in [0.3, 0.4) is 0 Å². The maximum Gasteiger partial charge on any atom is 0.303 e. The molecule has 0 aliphatic carbocycles. The van der Waals surface area contributed by atoms with E-state index in [9.17, 15) is 9.90 Å². The number of carboxylic acid groups (broad SMARTS) is 1. The largest absolute Gasteiger partial charge is 0.481 e. The zero-order valence-electron chi connectivity index (χ0n) is 9.52. The van der Waals surface area contributed by atoms with Gasteiger partial charge in [-0.1, -0.05) is 24.3 Å². The number of unbranched alkanes of at least 4 members (excludes halogenated alkanes) is 1. The average molecular weight is 222 g/mol. The predicted octanol–water partition coefficient (Wildman–Crippen LogP) is 2.54. The number of carboxylic acids is 1. The molecule has 88 valence electrons. The number of aliphatic hydroxyl groups excluding tert-OH is 1. The Hall–Kier alpha value is -1.35. The van der Waals surface area contributed by atoms with E-state index in [4.69, 9.17) is 5.11 Å². The third-order valence-corrected chi connectivity index (χ3v) is 2.59. The van der Waals surface area contributed by atoms with Crippen LogP contribution in [-0.2, 0) is 11.2 Å². The van der Waals surface area contributed by atoms with E-state index >= 15 is 0 Å². The van der Waals surface area contributed by atoms with Crippen LogP contribution in [0, 0.1) is 0 Å². The van der Waals surface area contributed by atoms with E-state index in [1.165, 1.54) is 0 Å². The van der Waals surface area contributed by atoms with Gasteiger partial charge in [0.2, 0.25) is 0 Å². The third kappa shape index (κ3) is 4.03. The Morgan fingerprint density at radius 3 is 2.62 bits per heavy atom. The van der Waals surface area contributed by atoms with Gasteiger partial charge in [-0.25, -0.2) is 0 Å². The van der Waals surface area contributed by atoms with Gasteiger partial charge in [0.15, 0.2) is 0 Å². The second-order valence-corrected chi connectivity index (χ2v) is 3.98. The Morgan fingerprint density at radius 2 is 2.00 bits per heavy atom. The van der Waals surface area contributed by atoms with Crippen LogP contribution < -0.4 is 0 Å². The highest BCUT2D eigenvalue weighted by Crippen LogP contribution is 2.19. The molecule has 16 heavy (non-hydrogen) atoms. The van der Waals surface area contributed by atoms with Crippen molar-refractivity contribution in [2.45, 2.75) is 38.7 Å². The first-order valence-electron chi connectivity index (χ1n) is 5.59. The maximum absolute atomic E-state index is 10.3. The monoisotopic (exact) mass is 222 g/mol. The van der Waals surface area contributed by atoms with Crippen molar-refractivity contribution in [1.82, 2.24) is 0 Å². The van der Waals surface area contributed by atoms with E-state index in [1.807, 2.05) is 24.3 Å². The average Bonchev–Trinajstić information content (AvgIpc) is 2.24. The van der Waals surface area contributed by atoms with Crippen molar-refractivity contribution in [3.63, 3.8) is 0 Å². The molecule has 1 unspecified atom stereocenters. The molecular formula is C13H18O3. The summed E-state index contributed by atoms with van der Waals surface area (Å²) in [6, 6.07) is 7.75. The predicted molar refractivity (Wildman–Crippen MR) is 62.3 cm³/mol. The van der Waals surface area contributed by atoms with Gasteiger partial charge in [-0.3, -0.25) is 4.79 Å². The smallest absolute Gasteiger partial charge is 0.303 e. The molecule has 0 aliphatic rings. The van der Waals surface area contributed by atoms with Crippen LogP contribution in [0.1, 0.15) is 43.4 Å². The van der Waals surface area contributed by atoms with E-state index < -0.39 is 12.1 Å². The van der Waals surface area contributed by atoms with E-state index in [0.717, 1.165) is 24.0 Å². The lowest BCUT2D eigenvalue weighted by atomic mass is 9.98. The van der Waals surface area contributed by atoms with Crippen molar-refractivity contribution < 1.29 is 15.0 Å². The molecule has 0 spiro atoms. The minimum Gasteiger partial charge on any atom is -0.481 e. The number of rotatable bonds is 6. The van der Waals surface area contributed by atoms with Gasteiger partial charge in [0.25, 0.3) is 0 Å². The number of aryl methyl sites for hydroxylation is 1. The van der Waals surface area contributed by atoms with Crippen LogP contribution in [0.2, 0.25) is 0 Å². The summed E-state index contributed by atoms with van der Waals surface area (Å²) in [5.41, 5.74) is 2.06. The summed E-state index contributed by atoms with van der Waals surface area (Å²) in [6.07, 6.45) is 2.11. The molecule has 0 heterocycles. The first kappa shape index (κ1) is 12.7. The topological polar surface area (TPSA) is 57.5 Å². The first-order chi connectivity index (χ1) is 7.61. The normalized spacial score (nSPS) is 12.4. The summed E-state index contributed by atoms with van der Waals surface area (Å²) in [5.74, 6) is -0.746. The lowest BCUT2D eigenvalue weighted by Crippen LogP contribution is -1.99. The Balaban J connectivity index is 2.50. The summed E-state index contributed by atoms with van der Waals surface area (Å²) in [4.78, 5) is 10.3. The highest BCUT2D eigenvalue weighted by atomic mass is 16.4. The van der Waals surface area contributed by atoms with E-state index in [2.05, 4.69) is 0 Å². The molecule has 1 rings (SSSR count). The molecule has 0 fully saturated rings. The minimum atomic E-state index is -0.746. The number of hydrogen-bond donors (Lipinski definition) is 2. The van der Waals surface area contributed by atoms with E-state index in [-0.39, 0.29) is 6.42 Å². The SMILES string of the molecule is CC(O)c1ccccc1CCCCC(=O)O. The highest BCUT2D eigenvalue weighted by molar-refractivity contribution is 5.66. The minimum absolute atomic E-state index is 0.219. The number of carbonyl (C=O) groups is 1. The molecule has 3 heteroatoms. The van der Waals surface area contributed by atoms with E-state index in [1.54, 1.807) is 6.92 Å². The molecule has 0 radical (unpaired) electrons. The second-order valence-electron chi connectivity index (χ2n) is 3.98. The fourth-order valence-electron chi connectivity index (χ4n) is 1.76. The summed E-state index contributed by atoms with van der Waals surface area (Å²) in [7, 11) is 0. The number of hydrogen-bond acceptors (Lipinski definition) is 2. The fraction of sp³-hybridized carbons (Fsp3) is 0.462. The van der Waals surface area contributed by atoms with Gasteiger partial charge in [-0.15, -0.1) is 0 Å². The summed E-state index contributed by atoms with van der Waals surface area (Å²) < 4.78 is 0. The summed E-state index contributed by atoms with van der Waals surface area (Å²) >= 11 is 0. The molecule has 1 aromatic rings. The van der Waals surface area contributed by atoms with E-state index in [0.29, 0.717) is 6.42 Å². The number of aliphatic hydroxyl groups is 1. The molecule has 0 bridgehead atoms. The molecular weight excluding hydrogens is 204 g/mol. The zero-order valence-corrected chi connectivity index (χ0v) is 9.52. The molecule has 1 aromatic carbocycles. The van der Waals surface area contributed by atoms with Gasteiger partial charge in [0, 0.05) is 6.42 Å². The van der Waals surface area contributed by atoms with Gasteiger partial charge < -0.3 is 10.2 Å². The van der Waals surface area contributed by atoms with Gasteiger partial charge >= 0.3 is 5.97 Å². The Bertz CT molecular complexity index is 345. The molecule has 0 aromatic heterocycles. The Kier molecular flexibility index (Phi) is 4.99. The van der Waals surface area contributed by atoms with Crippen molar-refractivity contribution in [1.29, 1.82) is 0 Å². The first-order valence-corrected chi connectivity index (χ1v) is 5.59. The molecule has 3 nitrogen and oxygen atoms in total. The number of aliphatic carboxylic acids is 1. The zero-order chi connectivity index (χ0) is 12.0. The fourth-order valence-corrected chi connectivity index (χ4v) is 1.76. The van der Waals surface area contributed by atoms with Crippen LogP contribution in [0.5, 0.6) is 0 Å². The van der Waals surface area contributed by atoms with Gasteiger partial charge in [-0.2, -0.15) is 0 Å². The second kappa shape index (κ2) is 6.28. The lowest BCUT2D eigenvalue weighted by Gasteiger charge is -2.11. The maximum atomic E-state index is 10.3. The Labute approximate surface area is 95.7 Å². The highest BCUT2D eigenvalue weighted by Gasteiger charge is 2.06. The summed E-state index contributed by atoms with van der Waals surface area (Å²) in [5, 5.41) is 18.1. The lowest BCUT2D eigenvalue weighted by molar-refractivity contribution is -0.137. The molecule has 0 aliphatic heterocycles. The van der Waals surface area contributed by atoms with Gasteiger partial charge in [0.1, 0.15) is 0 Å². The van der Waals surface area contributed by atoms with Gasteiger partial charge in [0.05, 0.1) is 6.10 Å². The molecule has 2 N–H and O–H groups in total. The van der Waals surface area contributed by atoms with Crippen molar-refractivity contribution in [3.8, 4) is 0 Å². The Morgan fingerprint density at radius 1 is 1.31 bits per heavy atom. The van der Waals surface area contributed by atoms with Gasteiger partial charge in [-0.05, 0) is 37.3 Å². The molecule has 0 saturated heterocycles. The van der Waals surface area contributed by atoms with Crippen molar-refractivity contribution in [3.05, 3.63) is 35.4 Å². The third-order valence-electron chi connectivity index (χ3n) is 2.59. The van der Waals surface area contributed by atoms with Crippen LogP contribution in [0.25, 0.3) is 0 Å².